The predicted octanol–water partition coefficient (Wildman–Crippen LogP) is 3.16. The largest absolute Gasteiger partial charge is 0.508 e. The van der Waals surface area contributed by atoms with E-state index >= 15 is 0 Å². The van der Waals surface area contributed by atoms with Crippen molar-refractivity contribution >= 4 is 9.84 Å². The van der Waals surface area contributed by atoms with Crippen molar-refractivity contribution in [3.8, 4) is 11.5 Å². The van der Waals surface area contributed by atoms with Crippen molar-refractivity contribution in [2.24, 2.45) is 0 Å². The molecule has 0 radical (unpaired) electrons. The summed E-state index contributed by atoms with van der Waals surface area (Å²) in [5.41, 5.74) is 2.91. The highest BCUT2D eigenvalue weighted by atomic mass is 32.2. The number of aryl methyl sites for hydroxylation is 3. The summed E-state index contributed by atoms with van der Waals surface area (Å²) in [4.78, 5) is -0.171. The Morgan fingerprint density at radius 1 is 0.762 bits per heavy atom. The smallest absolute Gasteiger partial charge is 0.210 e. The molecule has 2 rings (SSSR count). The normalized spacial score (nSPS) is 11.6. The molecule has 0 unspecified atom stereocenters. The Kier molecular flexibility index (Phi) is 3.72. The van der Waals surface area contributed by atoms with Crippen molar-refractivity contribution in [3.05, 3.63) is 46.5 Å². The predicted molar refractivity (Wildman–Crippen MR) is 80.6 cm³/mol. The van der Waals surface area contributed by atoms with Gasteiger partial charge in [-0.1, -0.05) is 0 Å². The number of aromatic hydroxyl groups is 2. The average Bonchev–Trinajstić information content (AvgIpc) is 2.39. The molecule has 0 amide bonds. The van der Waals surface area contributed by atoms with Crippen molar-refractivity contribution in [2.75, 3.05) is 0 Å². The summed E-state index contributed by atoms with van der Waals surface area (Å²) in [5, 5.41) is 19.8. The maximum atomic E-state index is 12.7. The first kappa shape index (κ1) is 15.4. The van der Waals surface area contributed by atoms with Gasteiger partial charge >= 0.3 is 0 Å². The van der Waals surface area contributed by atoms with E-state index in [0.717, 1.165) is 11.1 Å². The summed E-state index contributed by atoms with van der Waals surface area (Å²) in [6.07, 6.45) is 0. The highest BCUT2D eigenvalue weighted by Crippen LogP contribution is 2.34. The van der Waals surface area contributed by atoms with E-state index in [1.165, 1.54) is 24.3 Å². The minimum Gasteiger partial charge on any atom is -0.508 e. The van der Waals surface area contributed by atoms with Gasteiger partial charge in [-0.25, -0.2) is 8.42 Å². The van der Waals surface area contributed by atoms with Gasteiger partial charge < -0.3 is 10.2 Å². The topological polar surface area (TPSA) is 74.6 Å². The fourth-order valence-electron chi connectivity index (χ4n) is 2.08. The lowest BCUT2D eigenvalue weighted by atomic mass is 10.1. The Balaban J connectivity index is 2.71. The van der Waals surface area contributed by atoms with Crippen LogP contribution in [0, 0.1) is 27.7 Å². The Hall–Kier alpha value is -2.01. The molecule has 0 spiro atoms. The fraction of sp³-hybridized carbons (Fsp3) is 0.250. The molecule has 0 fully saturated rings. The van der Waals surface area contributed by atoms with E-state index in [1.54, 1.807) is 27.7 Å². The van der Waals surface area contributed by atoms with E-state index in [2.05, 4.69) is 0 Å². The van der Waals surface area contributed by atoms with Crippen molar-refractivity contribution < 1.29 is 18.6 Å². The van der Waals surface area contributed by atoms with Crippen LogP contribution in [0.15, 0.2) is 34.1 Å². The molecule has 0 aromatic heterocycles. The SMILES string of the molecule is Cc1cc(O)c(S(=O)(=O)c2cc(C)c(C)c(O)c2)cc1C. The van der Waals surface area contributed by atoms with Crippen LogP contribution < -0.4 is 0 Å². The molecule has 0 bridgehead atoms. The third-order valence-electron chi connectivity index (χ3n) is 3.79. The summed E-state index contributed by atoms with van der Waals surface area (Å²) in [6, 6.07) is 5.60. The number of phenolic OH excluding ortho intramolecular Hbond substituents is 2. The molecule has 0 heterocycles. The second kappa shape index (κ2) is 5.07. The number of benzene rings is 2. The van der Waals surface area contributed by atoms with Gasteiger partial charge in [0.15, 0.2) is 0 Å². The summed E-state index contributed by atoms with van der Waals surface area (Å²) in [5.74, 6) is -0.354. The molecule has 4 nitrogen and oxygen atoms in total. The molecular weight excluding hydrogens is 288 g/mol. The molecule has 2 N–H and O–H groups in total. The third kappa shape index (κ3) is 2.61. The van der Waals surface area contributed by atoms with Crippen molar-refractivity contribution in [2.45, 2.75) is 37.5 Å². The molecule has 112 valence electrons. The Morgan fingerprint density at radius 3 is 1.90 bits per heavy atom. The summed E-state index contributed by atoms with van der Waals surface area (Å²) >= 11 is 0. The lowest BCUT2D eigenvalue weighted by Crippen LogP contribution is -2.04. The monoisotopic (exact) mass is 306 g/mol. The van der Waals surface area contributed by atoms with Crippen LogP contribution in [-0.4, -0.2) is 18.6 Å². The van der Waals surface area contributed by atoms with E-state index in [-0.39, 0.29) is 21.3 Å². The zero-order valence-corrected chi connectivity index (χ0v) is 13.2. The Bertz CT molecular complexity index is 797. The number of sulfone groups is 1. The van der Waals surface area contributed by atoms with Gasteiger partial charge in [0, 0.05) is 0 Å². The maximum Gasteiger partial charge on any atom is 0.210 e. The van der Waals surface area contributed by atoms with Gasteiger partial charge in [0.25, 0.3) is 0 Å². The van der Waals surface area contributed by atoms with Crippen LogP contribution in [0.25, 0.3) is 0 Å². The van der Waals surface area contributed by atoms with Crippen LogP contribution >= 0.6 is 0 Å². The van der Waals surface area contributed by atoms with Gasteiger partial charge in [-0.05, 0) is 74.2 Å². The molecule has 2 aromatic rings. The molecule has 2 aromatic carbocycles. The molecule has 0 aliphatic carbocycles. The van der Waals surface area contributed by atoms with Crippen molar-refractivity contribution in [1.29, 1.82) is 0 Å². The number of hydrogen-bond donors (Lipinski definition) is 2. The summed E-state index contributed by atoms with van der Waals surface area (Å²) < 4.78 is 25.3. The van der Waals surface area contributed by atoms with Crippen LogP contribution in [0.3, 0.4) is 0 Å². The van der Waals surface area contributed by atoms with Gasteiger partial charge in [0.2, 0.25) is 9.84 Å². The molecule has 5 heteroatoms. The summed E-state index contributed by atoms with van der Waals surface area (Å²) in [7, 11) is -3.88. The standard InChI is InChI=1S/C16H18O4S/c1-9-6-15(18)16(7-10(9)2)21(19,20)13-5-11(3)12(4)14(17)8-13/h5-8,17-18H,1-4H3. The lowest BCUT2D eigenvalue weighted by molar-refractivity contribution is 0.457. The third-order valence-corrected chi connectivity index (χ3v) is 5.55. The van der Waals surface area contributed by atoms with E-state index < -0.39 is 9.84 Å². The Labute approximate surface area is 124 Å². The zero-order valence-electron chi connectivity index (χ0n) is 12.4. The maximum absolute atomic E-state index is 12.7. The van der Waals surface area contributed by atoms with Crippen LogP contribution in [0.2, 0.25) is 0 Å². The zero-order chi connectivity index (χ0) is 15.9. The second-order valence-electron chi connectivity index (χ2n) is 5.29. The van der Waals surface area contributed by atoms with Crippen molar-refractivity contribution in [1.82, 2.24) is 0 Å². The number of rotatable bonds is 2. The Morgan fingerprint density at radius 2 is 1.33 bits per heavy atom. The molecule has 0 aliphatic rings. The highest BCUT2D eigenvalue weighted by Gasteiger charge is 2.23. The average molecular weight is 306 g/mol. The van der Waals surface area contributed by atoms with E-state index in [1.807, 2.05) is 0 Å². The highest BCUT2D eigenvalue weighted by molar-refractivity contribution is 7.91. The van der Waals surface area contributed by atoms with Crippen molar-refractivity contribution in [3.63, 3.8) is 0 Å². The minimum absolute atomic E-state index is 0.0262. The van der Waals surface area contributed by atoms with Gasteiger partial charge in [0.05, 0.1) is 4.90 Å². The number of phenols is 2. The molecule has 0 saturated heterocycles. The molecule has 0 aliphatic heterocycles. The van der Waals surface area contributed by atoms with E-state index in [4.69, 9.17) is 0 Å². The molecular formula is C16H18O4S. The van der Waals surface area contributed by atoms with Gasteiger partial charge in [-0.2, -0.15) is 0 Å². The quantitative estimate of drug-likeness (QED) is 0.893. The van der Waals surface area contributed by atoms with E-state index in [9.17, 15) is 18.6 Å². The van der Waals surface area contributed by atoms with Crippen LogP contribution in [0.5, 0.6) is 11.5 Å². The molecule has 0 atom stereocenters. The first-order valence-electron chi connectivity index (χ1n) is 6.50. The summed E-state index contributed by atoms with van der Waals surface area (Å²) in [6.45, 7) is 7.03. The lowest BCUT2D eigenvalue weighted by Gasteiger charge is -2.12. The second-order valence-corrected chi connectivity index (χ2v) is 7.21. The van der Waals surface area contributed by atoms with Gasteiger partial charge in [-0.3, -0.25) is 0 Å². The molecule has 0 saturated carbocycles. The first-order valence-corrected chi connectivity index (χ1v) is 7.98. The minimum atomic E-state index is -3.88. The van der Waals surface area contributed by atoms with Gasteiger partial charge in [0.1, 0.15) is 16.4 Å². The van der Waals surface area contributed by atoms with Gasteiger partial charge in [-0.15, -0.1) is 0 Å². The van der Waals surface area contributed by atoms with Crippen LogP contribution in [-0.2, 0) is 9.84 Å². The van der Waals surface area contributed by atoms with Crippen LogP contribution in [0.1, 0.15) is 22.3 Å². The van der Waals surface area contributed by atoms with E-state index in [0.29, 0.717) is 11.1 Å². The molecule has 21 heavy (non-hydrogen) atoms. The first-order chi connectivity index (χ1) is 9.64. The van der Waals surface area contributed by atoms with Crippen LogP contribution in [0.4, 0.5) is 0 Å². The number of hydrogen-bond acceptors (Lipinski definition) is 4. The fourth-order valence-corrected chi connectivity index (χ4v) is 3.60.